The summed E-state index contributed by atoms with van der Waals surface area (Å²) in [7, 11) is 1.65. The van der Waals surface area contributed by atoms with Gasteiger partial charge >= 0.3 is 0 Å². The van der Waals surface area contributed by atoms with Crippen molar-refractivity contribution in [1.29, 1.82) is 0 Å². The molecule has 4 rings (SSSR count). The molecule has 0 saturated heterocycles. The van der Waals surface area contributed by atoms with E-state index in [1.54, 1.807) is 13.2 Å². The lowest BCUT2D eigenvalue weighted by atomic mass is 10.2. The Hall–Kier alpha value is -3.64. The molecule has 30 heavy (non-hydrogen) atoms. The Morgan fingerprint density at radius 2 is 1.70 bits per heavy atom. The summed E-state index contributed by atoms with van der Waals surface area (Å²) in [6, 6.07) is 23.2. The monoisotopic (exact) mass is 400 g/mol. The number of aromatic nitrogens is 2. The Balaban J connectivity index is 1.97. The van der Waals surface area contributed by atoms with Crippen LogP contribution in [0.25, 0.3) is 16.7 Å². The van der Waals surface area contributed by atoms with E-state index >= 15 is 0 Å². The summed E-state index contributed by atoms with van der Waals surface area (Å²) in [6.45, 7) is 3.07. The molecule has 0 spiro atoms. The molecule has 4 aromatic rings. The molecule has 2 N–H and O–H groups in total. The minimum atomic E-state index is -0.0944. The molecule has 2 heterocycles. The van der Waals surface area contributed by atoms with Crippen LogP contribution in [0, 0.1) is 6.92 Å². The Bertz CT molecular complexity index is 1200. The number of nitrogens with zero attached hydrogens (tertiary/aromatic N) is 2. The average Bonchev–Trinajstić information content (AvgIpc) is 2.75. The molecule has 0 radical (unpaired) electrons. The van der Waals surface area contributed by atoms with Crippen molar-refractivity contribution in [1.82, 2.24) is 9.55 Å². The molecule has 0 fully saturated rings. The lowest BCUT2D eigenvalue weighted by molar-refractivity contribution is 0.211. The Morgan fingerprint density at radius 3 is 2.40 bits per heavy atom. The van der Waals surface area contributed by atoms with Gasteiger partial charge in [-0.15, -0.1) is 0 Å². The highest BCUT2D eigenvalue weighted by atomic mass is 16.5. The number of hydrogen-bond donors (Lipinski definition) is 2. The first-order valence-corrected chi connectivity index (χ1v) is 9.85. The highest BCUT2D eigenvalue weighted by molar-refractivity contribution is 5.92. The number of nitrogens with one attached hydrogen (secondary N) is 2. The van der Waals surface area contributed by atoms with Gasteiger partial charge in [-0.2, -0.15) is 0 Å². The minimum Gasteiger partial charge on any atom is -0.383 e. The number of benzene rings is 2. The quantitative estimate of drug-likeness (QED) is 0.447. The molecular formula is C24H24N4O2. The zero-order valence-electron chi connectivity index (χ0n) is 17.1. The van der Waals surface area contributed by atoms with Gasteiger partial charge in [0.25, 0.3) is 0 Å². The largest absolute Gasteiger partial charge is 0.383 e. The van der Waals surface area contributed by atoms with Gasteiger partial charge in [-0.25, -0.2) is 4.98 Å². The number of methoxy groups -OCH3 is 1. The summed E-state index contributed by atoms with van der Waals surface area (Å²) in [5.74, 6) is 0.658. The number of hydrogen-bond acceptors (Lipinski definition) is 5. The maximum absolute atomic E-state index is 13.2. The summed E-state index contributed by atoms with van der Waals surface area (Å²) in [5.41, 5.74) is 3.91. The molecule has 0 atom stereocenters. The van der Waals surface area contributed by atoms with Gasteiger partial charge in [-0.3, -0.25) is 9.36 Å². The molecule has 2 aromatic heterocycles. The molecule has 2 aromatic carbocycles. The van der Waals surface area contributed by atoms with Crippen LogP contribution in [0.5, 0.6) is 0 Å². The number of aryl methyl sites for hydroxylation is 1. The molecule has 0 bridgehead atoms. The van der Waals surface area contributed by atoms with Crippen LogP contribution in [0.2, 0.25) is 0 Å². The van der Waals surface area contributed by atoms with E-state index < -0.39 is 0 Å². The smallest absolute Gasteiger partial charge is 0.195 e. The van der Waals surface area contributed by atoms with Gasteiger partial charge in [0.05, 0.1) is 17.7 Å². The second-order valence-corrected chi connectivity index (χ2v) is 6.99. The van der Waals surface area contributed by atoms with E-state index in [0.29, 0.717) is 30.0 Å². The summed E-state index contributed by atoms with van der Waals surface area (Å²) < 4.78 is 7.13. The van der Waals surface area contributed by atoms with Gasteiger partial charge < -0.3 is 15.4 Å². The second-order valence-electron chi connectivity index (χ2n) is 6.99. The van der Waals surface area contributed by atoms with Crippen LogP contribution in [-0.4, -0.2) is 29.8 Å². The predicted octanol–water partition coefficient (Wildman–Crippen LogP) is 4.50. The maximum atomic E-state index is 13.2. The number of fused-ring (bicyclic) bond motifs is 1. The number of ether oxygens (including phenoxy) is 1. The van der Waals surface area contributed by atoms with E-state index in [4.69, 9.17) is 9.72 Å². The number of anilines is 3. The van der Waals surface area contributed by atoms with E-state index in [-0.39, 0.29) is 5.43 Å². The maximum Gasteiger partial charge on any atom is 0.195 e. The first-order valence-electron chi connectivity index (χ1n) is 9.85. The van der Waals surface area contributed by atoms with Gasteiger partial charge in [-0.05, 0) is 37.3 Å². The third kappa shape index (κ3) is 4.04. The van der Waals surface area contributed by atoms with Crippen molar-refractivity contribution in [2.45, 2.75) is 6.92 Å². The standard InChI is InChI=1S/C24H24N4O2/c1-17-15-20(25-13-14-30-2)23-21(29)16-22(27-18-9-5-3-6-10-18)28(24(23)26-17)19-11-7-4-8-12-19/h3-12,15-16,27H,13-14H2,1-2H3,(H,25,26). The molecule has 152 valence electrons. The molecule has 0 aliphatic carbocycles. The lowest BCUT2D eigenvalue weighted by Crippen LogP contribution is -2.17. The molecule has 6 nitrogen and oxygen atoms in total. The minimum absolute atomic E-state index is 0.0944. The topological polar surface area (TPSA) is 68.2 Å². The van der Waals surface area contributed by atoms with Gasteiger partial charge in [0.1, 0.15) is 5.82 Å². The summed E-state index contributed by atoms with van der Waals surface area (Å²) in [6.07, 6.45) is 0. The second kappa shape index (κ2) is 8.80. The Kier molecular flexibility index (Phi) is 5.77. The SMILES string of the molecule is COCCNc1cc(C)nc2c1c(=O)cc(Nc1ccccc1)n2-c1ccccc1. The van der Waals surface area contributed by atoms with Crippen LogP contribution in [0.4, 0.5) is 17.2 Å². The summed E-state index contributed by atoms with van der Waals surface area (Å²) in [5, 5.41) is 7.25. The molecule has 0 amide bonds. The van der Waals surface area contributed by atoms with E-state index in [1.165, 1.54) is 0 Å². The van der Waals surface area contributed by atoms with Crippen molar-refractivity contribution >= 4 is 28.2 Å². The zero-order chi connectivity index (χ0) is 20.9. The number of para-hydroxylation sites is 2. The molecule has 0 aliphatic heterocycles. The van der Waals surface area contributed by atoms with Crippen molar-refractivity contribution < 1.29 is 4.74 Å². The first kappa shape index (κ1) is 19.7. The van der Waals surface area contributed by atoms with Crippen LogP contribution in [0.1, 0.15) is 5.69 Å². The van der Waals surface area contributed by atoms with E-state index in [9.17, 15) is 4.79 Å². The fourth-order valence-corrected chi connectivity index (χ4v) is 3.46. The van der Waals surface area contributed by atoms with E-state index in [2.05, 4.69) is 10.6 Å². The van der Waals surface area contributed by atoms with Crippen LogP contribution in [-0.2, 0) is 4.74 Å². The van der Waals surface area contributed by atoms with Gasteiger partial charge in [0.15, 0.2) is 11.1 Å². The normalized spacial score (nSPS) is 10.9. The highest BCUT2D eigenvalue weighted by Gasteiger charge is 2.16. The van der Waals surface area contributed by atoms with Crippen molar-refractivity contribution in [2.24, 2.45) is 0 Å². The molecular weight excluding hydrogens is 376 g/mol. The highest BCUT2D eigenvalue weighted by Crippen LogP contribution is 2.28. The molecule has 0 unspecified atom stereocenters. The van der Waals surface area contributed by atoms with Crippen molar-refractivity contribution in [3.8, 4) is 5.69 Å². The predicted molar refractivity (Wildman–Crippen MR) is 122 cm³/mol. The molecule has 0 saturated carbocycles. The van der Waals surface area contributed by atoms with Crippen molar-refractivity contribution in [2.75, 3.05) is 30.9 Å². The number of pyridine rings is 2. The third-order valence-corrected chi connectivity index (χ3v) is 4.78. The first-order chi connectivity index (χ1) is 14.7. The summed E-state index contributed by atoms with van der Waals surface area (Å²) >= 11 is 0. The third-order valence-electron chi connectivity index (χ3n) is 4.78. The fraction of sp³-hybridized carbons (Fsp3) is 0.167. The molecule has 6 heteroatoms. The zero-order valence-corrected chi connectivity index (χ0v) is 17.1. The van der Waals surface area contributed by atoms with Gasteiger partial charge in [-0.1, -0.05) is 36.4 Å². The van der Waals surface area contributed by atoms with Crippen LogP contribution in [0.3, 0.4) is 0 Å². The van der Waals surface area contributed by atoms with Crippen LogP contribution >= 0.6 is 0 Å². The molecule has 0 aliphatic rings. The summed E-state index contributed by atoms with van der Waals surface area (Å²) in [4.78, 5) is 17.9. The lowest BCUT2D eigenvalue weighted by Gasteiger charge is -2.19. The Labute approximate surface area is 175 Å². The van der Waals surface area contributed by atoms with Gasteiger partial charge in [0.2, 0.25) is 0 Å². The van der Waals surface area contributed by atoms with Crippen molar-refractivity contribution in [3.63, 3.8) is 0 Å². The Morgan fingerprint density at radius 1 is 1.00 bits per heavy atom. The fourth-order valence-electron chi connectivity index (χ4n) is 3.46. The average molecular weight is 400 g/mol. The van der Waals surface area contributed by atoms with E-state index in [1.807, 2.05) is 78.2 Å². The van der Waals surface area contributed by atoms with Crippen molar-refractivity contribution in [3.05, 3.63) is 88.7 Å². The van der Waals surface area contributed by atoms with E-state index in [0.717, 1.165) is 22.8 Å². The van der Waals surface area contributed by atoms with Crippen LogP contribution in [0.15, 0.2) is 77.6 Å². The van der Waals surface area contributed by atoms with Crippen LogP contribution < -0.4 is 16.1 Å². The van der Waals surface area contributed by atoms with Gasteiger partial charge in [0, 0.05) is 36.8 Å². The number of rotatable bonds is 7.